The molecule has 0 aliphatic carbocycles. The Labute approximate surface area is 121 Å². The molecule has 0 spiro atoms. The molecule has 104 valence electrons. The Bertz CT molecular complexity index is 646. The number of hydrogen-bond acceptors (Lipinski definition) is 4. The van der Waals surface area contributed by atoms with Gasteiger partial charge in [0.2, 0.25) is 0 Å². The number of nitrogens with zero attached hydrogens (tertiary/aromatic N) is 1. The number of rotatable bonds is 4. The van der Waals surface area contributed by atoms with E-state index in [1.165, 1.54) is 12.1 Å². The highest BCUT2D eigenvalue weighted by Gasteiger charge is 2.11. The first-order chi connectivity index (χ1) is 9.45. The topological polar surface area (TPSA) is 81.2 Å². The lowest BCUT2D eigenvalue weighted by Crippen LogP contribution is -2.07. The number of nitro groups is 1. The fraction of sp³-hybridized carbons (Fsp3) is 0.143. The highest BCUT2D eigenvalue weighted by atomic mass is 35.5. The first-order valence-corrected chi connectivity index (χ1v) is 6.40. The fourth-order valence-corrected chi connectivity index (χ4v) is 2.13. The van der Waals surface area contributed by atoms with Crippen LogP contribution in [-0.4, -0.2) is 4.92 Å². The average molecular weight is 292 g/mol. The molecular formula is C14H14ClN3O2. The van der Waals surface area contributed by atoms with Crippen LogP contribution in [0, 0.1) is 10.1 Å². The monoisotopic (exact) mass is 291 g/mol. The van der Waals surface area contributed by atoms with Crippen molar-refractivity contribution in [3.05, 3.63) is 63.2 Å². The third-order valence-electron chi connectivity index (χ3n) is 2.88. The molecule has 5 nitrogen and oxygen atoms in total. The van der Waals surface area contributed by atoms with Gasteiger partial charge in [0.15, 0.2) is 0 Å². The maximum Gasteiger partial charge on any atom is 0.273 e. The van der Waals surface area contributed by atoms with E-state index >= 15 is 0 Å². The summed E-state index contributed by atoms with van der Waals surface area (Å²) in [6.07, 6.45) is 0. The molecule has 0 saturated carbocycles. The minimum absolute atomic E-state index is 0.0363. The van der Waals surface area contributed by atoms with Gasteiger partial charge in [-0.25, -0.2) is 0 Å². The summed E-state index contributed by atoms with van der Waals surface area (Å²) in [5, 5.41) is 14.6. The van der Waals surface area contributed by atoms with E-state index in [1.54, 1.807) is 12.1 Å². The maximum absolute atomic E-state index is 10.8. The summed E-state index contributed by atoms with van der Waals surface area (Å²) < 4.78 is 0. The first-order valence-electron chi connectivity index (χ1n) is 6.02. The minimum atomic E-state index is -0.467. The zero-order valence-corrected chi connectivity index (χ0v) is 11.6. The molecule has 0 saturated heterocycles. The number of nitrogens with two attached hydrogens (primary N) is 1. The number of nitro benzene ring substituents is 1. The van der Waals surface area contributed by atoms with Gasteiger partial charge in [0.1, 0.15) is 0 Å². The zero-order chi connectivity index (χ0) is 14.7. The normalized spacial score (nSPS) is 11.9. The number of hydrogen-bond donors (Lipinski definition) is 2. The second-order valence-electron chi connectivity index (χ2n) is 4.49. The van der Waals surface area contributed by atoms with Crippen LogP contribution in [0.4, 0.5) is 17.1 Å². The van der Waals surface area contributed by atoms with E-state index in [-0.39, 0.29) is 11.7 Å². The molecule has 2 aromatic carbocycles. The summed E-state index contributed by atoms with van der Waals surface area (Å²) in [7, 11) is 0. The molecule has 0 aromatic heterocycles. The third-order valence-corrected chi connectivity index (χ3v) is 3.12. The van der Waals surface area contributed by atoms with E-state index in [4.69, 9.17) is 17.3 Å². The molecule has 0 heterocycles. The van der Waals surface area contributed by atoms with Gasteiger partial charge in [0.25, 0.3) is 5.69 Å². The Morgan fingerprint density at radius 2 is 2.05 bits per heavy atom. The number of nitrogen functional groups attached to an aromatic ring is 1. The van der Waals surface area contributed by atoms with Crippen molar-refractivity contribution in [3.8, 4) is 0 Å². The molecule has 0 aliphatic rings. The van der Waals surface area contributed by atoms with E-state index in [9.17, 15) is 10.1 Å². The van der Waals surface area contributed by atoms with Gasteiger partial charge in [0, 0.05) is 34.6 Å². The van der Waals surface area contributed by atoms with Crippen LogP contribution in [-0.2, 0) is 0 Å². The van der Waals surface area contributed by atoms with Crippen molar-refractivity contribution in [3.63, 3.8) is 0 Å². The number of anilines is 2. The molecule has 1 atom stereocenters. The highest BCUT2D eigenvalue weighted by molar-refractivity contribution is 6.30. The van der Waals surface area contributed by atoms with Crippen molar-refractivity contribution in [2.45, 2.75) is 13.0 Å². The second kappa shape index (κ2) is 5.79. The summed E-state index contributed by atoms with van der Waals surface area (Å²) in [4.78, 5) is 10.3. The summed E-state index contributed by atoms with van der Waals surface area (Å²) in [6.45, 7) is 1.95. The molecule has 0 amide bonds. The quantitative estimate of drug-likeness (QED) is 0.507. The van der Waals surface area contributed by atoms with E-state index in [0.29, 0.717) is 16.4 Å². The van der Waals surface area contributed by atoms with Gasteiger partial charge in [-0.2, -0.15) is 0 Å². The van der Waals surface area contributed by atoms with Crippen molar-refractivity contribution < 1.29 is 4.92 Å². The number of halogens is 1. The lowest BCUT2D eigenvalue weighted by Gasteiger charge is -2.16. The van der Waals surface area contributed by atoms with Gasteiger partial charge in [0.05, 0.1) is 4.92 Å². The SMILES string of the molecule is CC(Nc1cc(N)cc([N+](=O)[O-])c1)c1cccc(Cl)c1. The second-order valence-corrected chi connectivity index (χ2v) is 4.93. The maximum atomic E-state index is 10.8. The van der Waals surface area contributed by atoms with Crippen molar-refractivity contribution in [2.75, 3.05) is 11.1 Å². The van der Waals surface area contributed by atoms with Crippen LogP contribution < -0.4 is 11.1 Å². The molecule has 20 heavy (non-hydrogen) atoms. The third kappa shape index (κ3) is 3.39. The van der Waals surface area contributed by atoms with Crippen LogP contribution in [0.1, 0.15) is 18.5 Å². The van der Waals surface area contributed by atoms with Crippen LogP contribution in [0.3, 0.4) is 0 Å². The summed E-state index contributed by atoms with van der Waals surface area (Å²) >= 11 is 5.95. The molecule has 0 radical (unpaired) electrons. The van der Waals surface area contributed by atoms with Crippen LogP contribution in [0.15, 0.2) is 42.5 Å². The van der Waals surface area contributed by atoms with Gasteiger partial charge in [-0.3, -0.25) is 10.1 Å². The van der Waals surface area contributed by atoms with Gasteiger partial charge in [-0.1, -0.05) is 23.7 Å². The predicted octanol–water partition coefficient (Wildman–Crippen LogP) is 4.00. The summed E-state index contributed by atoms with van der Waals surface area (Å²) in [6, 6.07) is 11.8. The average Bonchev–Trinajstić information content (AvgIpc) is 2.37. The molecule has 2 rings (SSSR count). The molecule has 3 N–H and O–H groups in total. The van der Waals surface area contributed by atoms with E-state index < -0.39 is 4.92 Å². The fourth-order valence-electron chi connectivity index (χ4n) is 1.93. The smallest absolute Gasteiger partial charge is 0.273 e. The molecule has 1 unspecified atom stereocenters. The largest absolute Gasteiger partial charge is 0.398 e. The van der Waals surface area contributed by atoms with Crippen molar-refractivity contribution in [1.82, 2.24) is 0 Å². The van der Waals surface area contributed by atoms with Crippen LogP contribution >= 0.6 is 11.6 Å². The lowest BCUT2D eigenvalue weighted by molar-refractivity contribution is -0.384. The molecular weight excluding hydrogens is 278 g/mol. The summed E-state index contributed by atoms with van der Waals surface area (Å²) in [5.41, 5.74) is 7.57. The van der Waals surface area contributed by atoms with Gasteiger partial charge in [-0.05, 0) is 30.7 Å². The lowest BCUT2D eigenvalue weighted by atomic mass is 10.1. The zero-order valence-electron chi connectivity index (χ0n) is 10.8. The Balaban J connectivity index is 2.23. The van der Waals surface area contributed by atoms with Crippen molar-refractivity contribution >= 4 is 28.7 Å². The summed E-state index contributed by atoms with van der Waals surface area (Å²) in [5.74, 6) is 0. The predicted molar refractivity (Wildman–Crippen MR) is 81.0 cm³/mol. The van der Waals surface area contributed by atoms with Gasteiger partial charge in [-0.15, -0.1) is 0 Å². The number of benzene rings is 2. The van der Waals surface area contributed by atoms with Crippen LogP contribution in [0.5, 0.6) is 0 Å². The minimum Gasteiger partial charge on any atom is -0.398 e. The van der Waals surface area contributed by atoms with Gasteiger partial charge < -0.3 is 11.1 Å². The van der Waals surface area contributed by atoms with Crippen LogP contribution in [0.25, 0.3) is 0 Å². The Hall–Kier alpha value is -2.27. The number of nitrogens with one attached hydrogen (secondary N) is 1. The molecule has 0 aliphatic heterocycles. The Kier molecular flexibility index (Phi) is 4.10. The van der Waals surface area contributed by atoms with Gasteiger partial charge >= 0.3 is 0 Å². The molecule has 6 heteroatoms. The number of non-ortho nitro benzene ring substituents is 1. The Morgan fingerprint density at radius 1 is 1.30 bits per heavy atom. The van der Waals surface area contributed by atoms with E-state index in [0.717, 1.165) is 5.56 Å². The van der Waals surface area contributed by atoms with Crippen LogP contribution in [0.2, 0.25) is 5.02 Å². The van der Waals surface area contributed by atoms with Crippen molar-refractivity contribution in [2.24, 2.45) is 0 Å². The highest BCUT2D eigenvalue weighted by Crippen LogP contribution is 2.26. The van der Waals surface area contributed by atoms with E-state index in [2.05, 4.69) is 5.32 Å². The van der Waals surface area contributed by atoms with E-state index in [1.807, 2.05) is 25.1 Å². The molecule has 0 bridgehead atoms. The molecule has 2 aromatic rings. The first kappa shape index (κ1) is 14.1. The Morgan fingerprint density at radius 3 is 2.70 bits per heavy atom. The standard InChI is InChI=1S/C14H14ClN3O2/c1-9(10-3-2-4-11(15)5-10)17-13-6-12(16)7-14(8-13)18(19)20/h2-9,17H,16H2,1H3. The molecule has 0 fully saturated rings. The van der Waals surface area contributed by atoms with Crippen molar-refractivity contribution in [1.29, 1.82) is 0 Å².